The first-order valence-corrected chi connectivity index (χ1v) is 12.1. The number of aromatic nitrogens is 1. The first-order valence-electron chi connectivity index (χ1n) is 11.2. The highest BCUT2D eigenvalue weighted by atomic mass is 32.1. The van der Waals surface area contributed by atoms with Gasteiger partial charge in [-0.05, 0) is 55.3 Å². The highest BCUT2D eigenvalue weighted by molar-refractivity contribution is 7.14. The van der Waals surface area contributed by atoms with E-state index in [2.05, 4.69) is 11.9 Å². The molecule has 1 aromatic heterocycles. The fourth-order valence-electron chi connectivity index (χ4n) is 3.82. The standard InChI is InChI=1S/C26H26N2O5S/c1-3-5-14-33-20-8-6-7-18(16-20)22-21(23(29)17-9-11-19(12-10-17)32-4-2)24(30)25(31)28(22)26-27-13-15-34-26/h6-13,15-16,22,29H,3-5,14H2,1-2H3/b23-21+. The number of amides is 1. The Morgan fingerprint density at radius 1 is 1.09 bits per heavy atom. The average molecular weight is 479 g/mol. The summed E-state index contributed by atoms with van der Waals surface area (Å²) in [6, 6.07) is 13.2. The van der Waals surface area contributed by atoms with Gasteiger partial charge in [0.05, 0.1) is 24.8 Å². The molecule has 4 rings (SSSR count). The number of benzene rings is 2. The lowest BCUT2D eigenvalue weighted by Crippen LogP contribution is -2.29. The van der Waals surface area contributed by atoms with Crippen LogP contribution in [0.25, 0.3) is 5.76 Å². The minimum absolute atomic E-state index is 0.00932. The number of hydrogen-bond acceptors (Lipinski definition) is 7. The maximum atomic E-state index is 13.2. The van der Waals surface area contributed by atoms with Crippen LogP contribution in [0, 0.1) is 0 Å². The lowest BCUT2D eigenvalue weighted by molar-refractivity contribution is -0.132. The molecule has 0 radical (unpaired) electrons. The summed E-state index contributed by atoms with van der Waals surface area (Å²) in [4.78, 5) is 31.9. The molecular formula is C26H26N2O5S. The van der Waals surface area contributed by atoms with Crippen LogP contribution in [0.1, 0.15) is 43.9 Å². The van der Waals surface area contributed by atoms with Gasteiger partial charge in [0.1, 0.15) is 17.3 Å². The molecule has 1 fully saturated rings. The van der Waals surface area contributed by atoms with Crippen LogP contribution >= 0.6 is 11.3 Å². The Morgan fingerprint density at radius 3 is 2.56 bits per heavy atom. The van der Waals surface area contributed by atoms with Gasteiger partial charge in [0, 0.05) is 17.1 Å². The third kappa shape index (κ3) is 4.68. The lowest BCUT2D eigenvalue weighted by Gasteiger charge is -2.23. The molecule has 1 aliphatic heterocycles. The van der Waals surface area contributed by atoms with Crippen LogP contribution in [-0.4, -0.2) is 35.0 Å². The Hall–Kier alpha value is -3.65. The maximum Gasteiger partial charge on any atom is 0.301 e. The summed E-state index contributed by atoms with van der Waals surface area (Å²) in [7, 11) is 0. The number of carbonyl (C=O) groups excluding carboxylic acids is 2. The van der Waals surface area contributed by atoms with Gasteiger partial charge in [0.25, 0.3) is 5.78 Å². The number of unbranched alkanes of at least 4 members (excludes halogenated alkanes) is 1. The molecule has 1 atom stereocenters. The zero-order valence-electron chi connectivity index (χ0n) is 19.1. The van der Waals surface area contributed by atoms with Crippen LogP contribution in [-0.2, 0) is 9.59 Å². The number of carbonyl (C=O) groups is 2. The molecular weight excluding hydrogens is 452 g/mol. The Bertz CT molecular complexity index is 1190. The highest BCUT2D eigenvalue weighted by Crippen LogP contribution is 2.43. The summed E-state index contributed by atoms with van der Waals surface area (Å²) in [6.07, 6.45) is 3.50. The molecule has 1 amide bonds. The smallest absolute Gasteiger partial charge is 0.301 e. The normalized spacial score (nSPS) is 17.2. The van der Waals surface area contributed by atoms with E-state index in [4.69, 9.17) is 9.47 Å². The monoisotopic (exact) mass is 478 g/mol. The largest absolute Gasteiger partial charge is 0.507 e. The van der Waals surface area contributed by atoms with Crippen LogP contribution in [0.15, 0.2) is 65.7 Å². The van der Waals surface area contributed by atoms with Crippen LogP contribution in [0.3, 0.4) is 0 Å². The van der Waals surface area contributed by atoms with E-state index in [-0.39, 0.29) is 11.3 Å². The van der Waals surface area contributed by atoms with Gasteiger partial charge in [-0.2, -0.15) is 0 Å². The van der Waals surface area contributed by atoms with Crippen molar-refractivity contribution in [2.45, 2.75) is 32.7 Å². The Morgan fingerprint density at radius 2 is 1.88 bits per heavy atom. The molecule has 176 valence electrons. The van der Waals surface area contributed by atoms with Crippen molar-refractivity contribution in [1.82, 2.24) is 4.98 Å². The van der Waals surface area contributed by atoms with Crippen molar-refractivity contribution in [3.05, 3.63) is 76.8 Å². The minimum atomic E-state index is -0.840. The molecule has 8 heteroatoms. The van der Waals surface area contributed by atoms with E-state index in [0.717, 1.165) is 12.8 Å². The quantitative estimate of drug-likeness (QED) is 0.193. The van der Waals surface area contributed by atoms with Gasteiger partial charge in [-0.25, -0.2) is 4.98 Å². The number of aliphatic hydroxyl groups is 1. The number of Topliss-reactive ketones (excluding diaryl/α,β-unsaturated/α-hetero) is 1. The predicted molar refractivity (Wildman–Crippen MR) is 131 cm³/mol. The zero-order chi connectivity index (χ0) is 24.1. The number of anilines is 1. The molecule has 34 heavy (non-hydrogen) atoms. The van der Waals surface area contributed by atoms with Crippen LogP contribution in [0.4, 0.5) is 5.13 Å². The number of nitrogens with zero attached hydrogens (tertiary/aromatic N) is 2. The summed E-state index contributed by atoms with van der Waals surface area (Å²) in [6.45, 7) is 5.05. The summed E-state index contributed by atoms with van der Waals surface area (Å²) in [5.74, 6) is -0.455. The van der Waals surface area contributed by atoms with E-state index in [0.29, 0.717) is 41.0 Å². The number of ether oxygens (including phenoxy) is 2. The molecule has 0 saturated carbocycles. The van der Waals surface area contributed by atoms with E-state index in [1.807, 2.05) is 25.1 Å². The van der Waals surface area contributed by atoms with Crippen molar-refractivity contribution in [3.8, 4) is 11.5 Å². The first-order chi connectivity index (χ1) is 16.5. The molecule has 1 saturated heterocycles. The zero-order valence-corrected chi connectivity index (χ0v) is 19.9. The second kappa shape index (κ2) is 10.5. The van der Waals surface area contributed by atoms with Gasteiger partial charge < -0.3 is 14.6 Å². The van der Waals surface area contributed by atoms with Crippen molar-refractivity contribution in [3.63, 3.8) is 0 Å². The number of hydrogen-bond donors (Lipinski definition) is 1. The van der Waals surface area contributed by atoms with Crippen molar-refractivity contribution >= 4 is 33.9 Å². The minimum Gasteiger partial charge on any atom is -0.507 e. The summed E-state index contributed by atoms with van der Waals surface area (Å²) >= 11 is 1.25. The summed E-state index contributed by atoms with van der Waals surface area (Å²) in [5.41, 5.74) is 1.08. The molecule has 1 aliphatic rings. The topological polar surface area (TPSA) is 89.0 Å². The average Bonchev–Trinajstić information content (AvgIpc) is 3.46. The number of ketones is 1. The number of thiazole rings is 1. The molecule has 2 heterocycles. The van der Waals surface area contributed by atoms with E-state index in [9.17, 15) is 14.7 Å². The highest BCUT2D eigenvalue weighted by Gasteiger charge is 2.48. The summed E-state index contributed by atoms with van der Waals surface area (Å²) in [5, 5.41) is 13.3. The van der Waals surface area contributed by atoms with Gasteiger partial charge >= 0.3 is 5.91 Å². The third-order valence-corrected chi connectivity index (χ3v) is 6.22. The Balaban J connectivity index is 1.81. The summed E-state index contributed by atoms with van der Waals surface area (Å²) < 4.78 is 11.3. The van der Waals surface area contributed by atoms with Gasteiger partial charge in [0.2, 0.25) is 0 Å². The fourth-order valence-corrected chi connectivity index (χ4v) is 4.49. The molecule has 0 spiro atoms. The SMILES string of the molecule is CCCCOc1cccc(C2/C(=C(\O)c3ccc(OCC)cc3)C(=O)C(=O)N2c2nccs2)c1. The van der Waals surface area contributed by atoms with Crippen molar-refractivity contribution < 1.29 is 24.2 Å². The van der Waals surface area contributed by atoms with Gasteiger partial charge in [-0.3, -0.25) is 14.5 Å². The molecule has 7 nitrogen and oxygen atoms in total. The molecule has 3 aromatic rings. The lowest BCUT2D eigenvalue weighted by atomic mass is 9.95. The van der Waals surface area contributed by atoms with Crippen molar-refractivity contribution in [2.75, 3.05) is 18.1 Å². The Labute approximate surface area is 202 Å². The Kier molecular flexibility index (Phi) is 7.27. The number of aliphatic hydroxyl groups excluding tert-OH is 1. The van der Waals surface area contributed by atoms with Gasteiger partial charge in [0.15, 0.2) is 5.13 Å². The van der Waals surface area contributed by atoms with Gasteiger partial charge in [-0.1, -0.05) is 25.5 Å². The molecule has 0 aliphatic carbocycles. The fraction of sp³-hybridized carbons (Fsp3) is 0.269. The van der Waals surface area contributed by atoms with Crippen LogP contribution in [0.5, 0.6) is 11.5 Å². The van der Waals surface area contributed by atoms with E-state index < -0.39 is 17.7 Å². The van der Waals surface area contributed by atoms with Gasteiger partial charge in [-0.15, -0.1) is 11.3 Å². The third-order valence-electron chi connectivity index (χ3n) is 5.45. The van der Waals surface area contributed by atoms with E-state index in [1.165, 1.54) is 16.2 Å². The molecule has 1 unspecified atom stereocenters. The van der Waals surface area contributed by atoms with Crippen LogP contribution in [0.2, 0.25) is 0 Å². The van der Waals surface area contributed by atoms with Crippen LogP contribution < -0.4 is 14.4 Å². The molecule has 1 N–H and O–H groups in total. The van der Waals surface area contributed by atoms with E-state index >= 15 is 0 Å². The van der Waals surface area contributed by atoms with Crippen molar-refractivity contribution in [2.24, 2.45) is 0 Å². The maximum absolute atomic E-state index is 13.2. The second-order valence-corrected chi connectivity index (χ2v) is 8.59. The second-order valence-electron chi connectivity index (χ2n) is 7.72. The molecule has 0 bridgehead atoms. The molecule has 2 aromatic carbocycles. The first kappa shape index (κ1) is 23.5. The van der Waals surface area contributed by atoms with E-state index in [1.54, 1.807) is 41.9 Å². The van der Waals surface area contributed by atoms with Crippen molar-refractivity contribution in [1.29, 1.82) is 0 Å². The number of rotatable bonds is 9. The predicted octanol–water partition coefficient (Wildman–Crippen LogP) is 5.35.